The number of nitrogens with zero attached hydrogens (tertiary/aromatic N) is 4. The molecule has 2 fully saturated rings. The van der Waals surface area contributed by atoms with Gasteiger partial charge in [-0.05, 0) is 31.7 Å². The number of rotatable bonds is 3. The molecule has 2 aliphatic rings. The van der Waals surface area contributed by atoms with Gasteiger partial charge >= 0.3 is 0 Å². The molecule has 0 aromatic carbocycles. The van der Waals surface area contributed by atoms with E-state index < -0.39 is 5.60 Å². The van der Waals surface area contributed by atoms with Crippen LogP contribution in [-0.4, -0.2) is 57.7 Å². The van der Waals surface area contributed by atoms with Crippen molar-refractivity contribution in [3.63, 3.8) is 0 Å². The lowest BCUT2D eigenvalue weighted by molar-refractivity contribution is -0.151. The molecule has 0 unspecified atom stereocenters. The van der Waals surface area contributed by atoms with Gasteiger partial charge in [-0.2, -0.15) is 0 Å². The Hall–Kier alpha value is -1.69. The van der Waals surface area contributed by atoms with E-state index in [0.29, 0.717) is 13.0 Å². The number of carbonyl (C=O) groups excluding carboxylic acids is 1. The van der Waals surface area contributed by atoms with Crippen LogP contribution in [-0.2, 0) is 4.79 Å². The van der Waals surface area contributed by atoms with E-state index in [2.05, 4.69) is 23.8 Å². The number of amides is 1. The van der Waals surface area contributed by atoms with Crippen LogP contribution < -0.4 is 4.90 Å². The van der Waals surface area contributed by atoms with Crippen LogP contribution >= 0.6 is 0 Å². The molecule has 1 atom stereocenters. The number of hydrogen-bond acceptors (Lipinski definition) is 5. The maximum atomic E-state index is 12.7. The highest BCUT2D eigenvalue weighted by molar-refractivity contribution is 5.86. The van der Waals surface area contributed by atoms with Crippen molar-refractivity contribution in [2.24, 2.45) is 0 Å². The van der Waals surface area contributed by atoms with E-state index >= 15 is 0 Å². The quantitative estimate of drug-likeness (QED) is 0.916. The van der Waals surface area contributed by atoms with Crippen LogP contribution in [0.3, 0.4) is 0 Å². The Bertz CT molecular complexity index is 571. The molecule has 3 rings (SSSR count). The van der Waals surface area contributed by atoms with E-state index in [1.807, 2.05) is 15.9 Å². The van der Waals surface area contributed by atoms with Gasteiger partial charge in [0.05, 0.1) is 6.54 Å². The summed E-state index contributed by atoms with van der Waals surface area (Å²) in [4.78, 5) is 25.4. The van der Waals surface area contributed by atoms with Gasteiger partial charge in [-0.1, -0.05) is 13.8 Å². The van der Waals surface area contributed by atoms with Crippen molar-refractivity contribution in [3.8, 4) is 0 Å². The Morgan fingerprint density at radius 3 is 2.70 bits per heavy atom. The summed E-state index contributed by atoms with van der Waals surface area (Å²) in [6.45, 7) is 6.78. The first-order valence-electron chi connectivity index (χ1n) is 8.59. The third kappa shape index (κ3) is 3.32. The summed E-state index contributed by atoms with van der Waals surface area (Å²) in [6.07, 6.45) is 5.15. The van der Waals surface area contributed by atoms with Crippen molar-refractivity contribution in [1.82, 2.24) is 14.9 Å². The number of β-amino-alcohol motifs (C(OH)–C–C–N with tert-alkyl or cyclic N) is 1. The van der Waals surface area contributed by atoms with Crippen LogP contribution in [0.15, 0.2) is 12.3 Å². The summed E-state index contributed by atoms with van der Waals surface area (Å²) in [5.74, 6) is 1.74. The van der Waals surface area contributed by atoms with E-state index in [-0.39, 0.29) is 11.8 Å². The van der Waals surface area contributed by atoms with Gasteiger partial charge in [0.15, 0.2) is 5.60 Å². The second-order valence-electron chi connectivity index (χ2n) is 6.98. The monoisotopic (exact) mass is 318 g/mol. The van der Waals surface area contributed by atoms with Gasteiger partial charge < -0.3 is 14.9 Å². The first-order valence-corrected chi connectivity index (χ1v) is 8.59. The molecule has 2 saturated heterocycles. The number of carbonyl (C=O) groups is 1. The minimum Gasteiger partial charge on any atom is -0.378 e. The second kappa shape index (κ2) is 6.43. The van der Waals surface area contributed by atoms with Crippen LogP contribution in [0.1, 0.15) is 51.3 Å². The third-order valence-electron chi connectivity index (χ3n) is 4.76. The molecule has 0 bridgehead atoms. The van der Waals surface area contributed by atoms with Crippen LogP contribution in [0.2, 0.25) is 0 Å². The normalized spacial score (nSPS) is 25.2. The fourth-order valence-corrected chi connectivity index (χ4v) is 3.44. The molecular weight excluding hydrogens is 292 g/mol. The second-order valence-corrected chi connectivity index (χ2v) is 6.98. The van der Waals surface area contributed by atoms with Crippen LogP contribution in [0, 0.1) is 0 Å². The lowest BCUT2D eigenvalue weighted by Gasteiger charge is -2.40. The summed E-state index contributed by atoms with van der Waals surface area (Å²) < 4.78 is 0. The van der Waals surface area contributed by atoms with Crippen molar-refractivity contribution in [1.29, 1.82) is 0 Å². The van der Waals surface area contributed by atoms with Gasteiger partial charge in [0.1, 0.15) is 11.6 Å². The summed E-state index contributed by atoms with van der Waals surface area (Å²) in [5.41, 5.74) is -1.29. The highest BCUT2D eigenvalue weighted by atomic mass is 16.3. The number of likely N-dealkylation sites (tertiary alicyclic amines) is 1. The van der Waals surface area contributed by atoms with Crippen molar-refractivity contribution in [3.05, 3.63) is 18.1 Å². The highest BCUT2D eigenvalue weighted by Gasteiger charge is 2.43. The van der Waals surface area contributed by atoms with Gasteiger partial charge in [-0.25, -0.2) is 9.97 Å². The first kappa shape index (κ1) is 16.2. The summed E-state index contributed by atoms with van der Waals surface area (Å²) >= 11 is 0. The topological polar surface area (TPSA) is 69.6 Å². The number of aliphatic hydroxyl groups is 1. The number of hydrogen-bond donors (Lipinski definition) is 1. The van der Waals surface area contributed by atoms with E-state index in [4.69, 9.17) is 0 Å². The first-order chi connectivity index (χ1) is 11.0. The Labute approximate surface area is 137 Å². The Morgan fingerprint density at radius 1 is 1.26 bits per heavy atom. The molecular formula is C17H26N4O2. The lowest BCUT2D eigenvalue weighted by Crippen LogP contribution is -2.58. The van der Waals surface area contributed by atoms with E-state index in [1.165, 1.54) is 0 Å². The fraction of sp³-hybridized carbons (Fsp3) is 0.706. The minimum absolute atomic E-state index is 0.113. The number of aromatic nitrogens is 2. The molecule has 0 aliphatic carbocycles. The molecule has 126 valence electrons. The zero-order chi connectivity index (χ0) is 16.4. The maximum absolute atomic E-state index is 12.7. The van der Waals surface area contributed by atoms with E-state index in [1.54, 1.807) is 6.20 Å². The summed E-state index contributed by atoms with van der Waals surface area (Å²) in [6, 6.07) is 1.86. The van der Waals surface area contributed by atoms with Crippen LogP contribution in [0.25, 0.3) is 0 Å². The molecule has 6 heteroatoms. The fourth-order valence-electron chi connectivity index (χ4n) is 3.44. The van der Waals surface area contributed by atoms with Gasteiger partial charge in [0.2, 0.25) is 0 Å². The van der Waals surface area contributed by atoms with Gasteiger partial charge in [0, 0.05) is 31.7 Å². The average Bonchev–Trinajstić information content (AvgIpc) is 3.08. The molecule has 1 aromatic rings. The highest BCUT2D eigenvalue weighted by Crippen LogP contribution is 2.28. The number of anilines is 1. The van der Waals surface area contributed by atoms with Crippen molar-refractivity contribution >= 4 is 11.7 Å². The molecule has 1 aromatic heterocycles. The SMILES string of the molecule is CC(C)c1nccc(N2CCC[C@](O)(C(=O)N3CCCC3)C2)n1. The zero-order valence-corrected chi connectivity index (χ0v) is 14.0. The predicted octanol–water partition coefficient (Wildman–Crippen LogP) is 1.55. The van der Waals surface area contributed by atoms with E-state index in [9.17, 15) is 9.90 Å². The Morgan fingerprint density at radius 2 is 2.00 bits per heavy atom. The van der Waals surface area contributed by atoms with Crippen LogP contribution in [0.4, 0.5) is 5.82 Å². The molecule has 23 heavy (non-hydrogen) atoms. The van der Waals surface area contributed by atoms with Crippen LogP contribution in [0.5, 0.6) is 0 Å². The molecule has 0 radical (unpaired) electrons. The Kier molecular flexibility index (Phi) is 4.53. The van der Waals surface area contributed by atoms with Gasteiger partial charge in [-0.3, -0.25) is 4.79 Å². The van der Waals surface area contributed by atoms with E-state index in [0.717, 1.165) is 50.5 Å². The summed E-state index contributed by atoms with van der Waals surface area (Å²) in [5, 5.41) is 10.9. The maximum Gasteiger partial charge on any atom is 0.256 e. The molecule has 3 heterocycles. The number of piperidine rings is 1. The Balaban J connectivity index is 1.77. The predicted molar refractivity (Wildman–Crippen MR) is 88.3 cm³/mol. The largest absolute Gasteiger partial charge is 0.378 e. The zero-order valence-electron chi connectivity index (χ0n) is 14.0. The molecule has 6 nitrogen and oxygen atoms in total. The standard InChI is InChI=1S/C17H26N4O2/c1-13(2)15-18-8-6-14(19-15)21-11-5-7-17(23,12-21)16(22)20-9-3-4-10-20/h6,8,13,23H,3-5,7,9-12H2,1-2H3/t17-/m1/s1. The average molecular weight is 318 g/mol. The van der Waals surface area contributed by atoms with Crippen molar-refractivity contribution < 1.29 is 9.90 Å². The molecule has 0 saturated carbocycles. The van der Waals surface area contributed by atoms with Crippen molar-refractivity contribution in [2.75, 3.05) is 31.1 Å². The van der Waals surface area contributed by atoms with Gasteiger partial charge in [-0.15, -0.1) is 0 Å². The van der Waals surface area contributed by atoms with Crippen molar-refractivity contribution in [2.45, 2.75) is 51.0 Å². The van der Waals surface area contributed by atoms with Gasteiger partial charge in [0.25, 0.3) is 5.91 Å². The molecule has 1 amide bonds. The third-order valence-corrected chi connectivity index (χ3v) is 4.76. The smallest absolute Gasteiger partial charge is 0.256 e. The molecule has 1 N–H and O–H groups in total. The molecule has 2 aliphatic heterocycles. The lowest BCUT2D eigenvalue weighted by atomic mass is 9.91. The molecule has 0 spiro atoms. The minimum atomic E-state index is -1.29. The summed E-state index contributed by atoms with van der Waals surface area (Å²) in [7, 11) is 0.